The van der Waals surface area contributed by atoms with E-state index >= 15 is 0 Å². The Balaban J connectivity index is 1.71. The Bertz CT molecular complexity index is 2280. The Hall–Kier alpha value is -6.46. The molecule has 3 rings (SSSR count). The quantitative estimate of drug-likeness (QED) is 0.0235. The first kappa shape index (κ1) is 61.8. The van der Waals surface area contributed by atoms with Gasteiger partial charge in [-0.3, -0.25) is 43.5 Å². The number of nitrogens with zero attached hydrogens (tertiary/aromatic N) is 3. The van der Waals surface area contributed by atoms with Gasteiger partial charge >= 0.3 is 160 Å². The maximum absolute atomic E-state index is 13.0. The van der Waals surface area contributed by atoms with E-state index in [0.29, 0.717) is 41.3 Å². The van der Waals surface area contributed by atoms with Crippen molar-refractivity contribution in [2.75, 3.05) is 68.0 Å². The third-order valence-corrected chi connectivity index (χ3v) is 14.0. The molecule has 0 spiro atoms. The van der Waals surface area contributed by atoms with E-state index in [2.05, 4.69) is 26.6 Å². The molecule has 2 unspecified atom stereocenters. The normalized spacial score (nSPS) is 15.6. The van der Waals surface area contributed by atoms with E-state index in [1.165, 1.54) is 46.2 Å². The minimum Gasteiger partial charge on any atom is -0.548 e. The molecule has 0 heterocycles. The number of thioether (sulfide) groups is 1. The number of carboxylic acid groups (broad SMARTS) is 7. The fraction of sp³-hybridized carbons (Fsp3) is 0.477. The van der Waals surface area contributed by atoms with Crippen LogP contribution in [0.5, 0.6) is 0 Å². The Morgan fingerprint density at radius 3 is 1.70 bits per heavy atom. The summed E-state index contributed by atoms with van der Waals surface area (Å²) < 4.78 is 19.1. The van der Waals surface area contributed by atoms with Gasteiger partial charge in [-0.05, 0) is 55.6 Å². The van der Waals surface area contributed by atoms with Gasteiger partial charge in [-0.15, -0.1) is 0 Å². The Morgan fingerprint density at radius 1 is 0.676 bits per heavy atom. The minimum atomic E-state index is -3.11. The van der Waals surface area contributed by atoms with Crippen molar-refractivity contribution < 1.29 is 91.9 Å². The number of nitrogens with one attached hydrogen (secondary N) is 5. The van der Waals surface area contributed by atoms with Gasteiger partial charge in [0.1, 0.15) is 0 Å². The van der Waals surface area contributed by atoms with Crippen LogP contribution in [0.25, 0.3) is 0 Å². The summed E-state index contributed by atoms with van der Waals surface area (Å²) in [5, 5.41) is 83.9. The van der Waals surface area contributed by atoms with Crippen LogP contribution in [0.3, 0.4) is 0 Å². The van der Waals surface area contributed by atoms with Crippen LogP contribution in [0.2, 0.25) is 0 Å². The van der Waals surface area contributed by atoms with Crippen LogP contribution in [0.15, 0.2) is 48.5 Å². The summed E-state index contributed by atoms with van der Waals surface area (Å²) in [5.74, 6) is -12.7. The molecule has 3 amide bonds. The van der Waals surface area contributed by atoms with E-state index in [4.69, 9.17) is 12.2 Å². The molecule has 0 aliphatic heterocycles. The van der Waals surface area contributed by atoms with Crippen molar-refractivity contribution in [1.82, 2.24) is 30.7 Å². The number of hydrogen-bond donors (Lipinski definition) is 12. The van der Waals surface area contributed by atoms with Gasteiger partial charge in [-0.25, -0.2) is 0 Å². The average molecular weight is 1140 g/mol. The van der Waals surface area contributed by atoms with Gasteiger partial charge in [-0.2, -0.15) is 0 Å². The van der Waals surface area contributed by atoms with E-state index in [9.17, 15) is 91.9 Å². The van der Waals surface area contributed by atoms with Crippen LogP contribution in [0.1, 0.15) is 44.1 Å². The second kappa shape index (κ2) is 31.3. The Morgan fingerprint density at radius 2 is 1.19 bits per heavy atom. The summed E-state index contributed by atoms with van der Waals surface area (Å²) in [6.45, 7) is -4.60. The van der Waals surface area contributed by atoms with E-state index in [1.807, 2.05) is 0 Å². The topological polar surface area (TPSA) is 428 Å². The van der Waals surface area contributed by atoms with Crippen molar-refractivity contribution in [3.05, 3.63) is 54.1 Å². The number of benzene rings is 2. The molecule has 0 radical (unpaired) electrons. The summed E-state index contributed by atoms with van der Waals surface area (Å²) in [6, 6.07) is 6.49. The van der Waals surface area contributed by atoms with Gasteiger partial charge in [-0.1, -0.05) is 25.0 Å². The fourth-order valence-corrected chi connectivity index (χ4v) is 10.0. The first-order valence-electron chi connectivity index (χ1n) is 22.5. The van der Waals surface area contributed by atoms with Crippen molar-refractivity contribution in [3.63, 3.8) is 0 Å². The summed E-state index contributed by atoms with van der Waals surface area (Å²) in [7, 11) is 0. The molecule has 0 bridgehead atoms. The van der Waals surface area contributed by atoms with Crippen LogP contribution in [-0.4, -0.2) is 216 Å². The molecule has 0 saturated heterocycles. The fourth-order valence-electron chi connectivity index (χ4n) is 8.04. The number of amides is 3. The second-order valence-corrected chi connectivity index (χ2v) is 20.5. The molecular weight excluding hydrogens is 1080 g/mol. The summed E-state index contributed by atoms with van der Waals surface area (Å²) in [5.41, 5.74) is 1.13. The number of hydrogen-bond acceptors (Lipinski definition) is 19. The van der Waals surface area contributed by atoms with Crippen LogP contribution in [-0.2, 0) is 54.4 Å². The number of carboxylic acids is 7. The zero-order chi connectivity index (χ0) is 55.1. The zero-order valence-electron chi connectivity index (χ0n) is 39.5. The zero-order valence-corrected chi connectivity index (χ0v) is 43.0. The molecule has 1 fully saturated rings. The van der Waals surface area contributed by atoms with E-state index < -0.39 is 157 Å². The molecule has 2 aromatic rings. The summed E-state index contributed by atoms with van der Waals surface area (Å²) >= 11 is 3.10. The molecular formula is C44H57AsN8O19S2-2. The number of rotatable bonds is 33. The van der Waals surface area contributed by atoms with E-state index in [-0.39, 0.29) is 35.3 Å². The van der Waals surface area contributed by atoms with Crippen molar-refractivity contribution in [2.24, 2.45) is 0 Å². The molecule has 1 aliphatic carbocycles. The molecule has 12 N–H and O–H groups in total. The van der Waals surface area contributed by atoms with Crippen LogP contribution in [0.4, 0.5) is 11.4 Å². The first-order valence-corrected chi connectivity index (χ1v) is 26.7. The summed E-state index contributed by atoms with van der Waals surface area (Å²) in [4.78, 5) is 125. The molecule has 2 aromatic carbocycles. The van der Waals surface area contributed by atoms with Gasteiger partial charge in [0.15, 0.2) is 5.11 Å². The van der Waals surface area contributed by atoms with E-state index in [0.717, 1.165) is 16.7 Å². The molecule has 406 valence electrons. The molecule has 1 saturated carbocycles. The maximum atomic E-state index is 13.0. The number of thiocarbonyl (C=S) groups is 1. The number of carbonyl (C=O) groups is 10. The van der Waals surface area contributed by atoms with Crippen molar-refractivity contribution in [2.45, 2.75) is 75.2 Å². The molecule has 0 aromatic heterocycles. The first-order chi connectivity index (χ1) is 34.9. The third-order valence-electron chi connectivity index (χ3n) is 11.2. The van der Waals surface area contributed by atoms with Gasteiger partial charge < -0.3 is 56.0 Å². The molecule has 74 heavy (non-hydrogen) atoms. The molecule has 5 atom stereocenters. The van der Waals surface area contributed by atoms with Gasteiger partial charge in [0.25, 0.3) is 0 Å². The molecule has 30 heteroatoms. The standard InChI is InChI=1S/C44H59AsN8O19S2/c54-34(49-31(42(68)46-16-36(56)57)23-74-24-35(55)47-27-11-7-26(8-12-27)45(71)72)14-13-30(43(69)70)50-44(73)48-28-9-5-25(6-10-28)15-29(51(18-37(58)59)19-38(60)61)17-52(20-39(62)63)32-3-1-2-4-33(32)53(21-40(64)65)22-41(66)67/h5-12,29-33,71-72H,1-4,13-24H2,(H,46,68)(H,47,55)(H,49,54)(H,56,57)(H,58,59)(H,60,61)(H,62,63)(H,64,65)(H,66,67)(H,69,70)(H2,48,50,73)/p-2/t29-,30+,31?,32?,33+/m1/s1. The van der Waals surface area contributed by atoms with Crippen LogP contribution in [0, 0.1) is 0 Å². The SMILES string of the molecule is O=C([O-])CNC(=O)C(CSCC(=O)Nc1ccc([As](O)O)cc1)NC(=O)CC[C@H](NC(=S)Nc1ccc(C[C@H](CN(CC(=O)O)C2CCCC[C@@H]2N(CC(=O)O)CC(=O)O)N(CC(=O)O)CC(=O)O)cc1)C(=O)[O-]. The second-order valence-electron chi connectivity index (χ2n) is 16.8. The van der Waals surface area contributed by atoms with Crippen molar-refractivity contribution in [1.29, 1.82) is 0 Å². The molecule has 1 aliphatic rings. The van der Waals surface area contributed by atoms with Gasteiger partial charge in [0, 0.05) is 36.8 Å². The van der Waals surface area contributed by atoms with Crippen LogP contribution < -0.4 is 41.1 Å². The van der Waals surface area contributed by atoms with Crippen LogP contribution >= 0.6 is 24.0 Å². The van der Waals surface area contributed by atoms with Crippen molar-refractivity contribution >= 4 is 120 Å². The number of anilines is 2. The third kappa shape index (κ3) is 23.2. The number of aliphatic carboxylic acids is 7. The predicted molar refractivity (Wildman–Crippen MR) is 262 cm³/mol. The molecule has 27 nitrogen and oxygen atoms in total. The Kier molecular flexibility index (Phi) is 26.2. The number of carbonyl (C=O) groups excluding carboxylic acids is 5. The minimum absolute atomic E-state index is 0.0528. The monoisotopic (exact) mass is 1140 g/mol. The Labute approximate surface area is 437 Å². The van der Waals surface area contributed by atoms with Gasteiger partial charge in [0.05, 0.1) is 57.2 Å². The smallest absolute Gasteiger partial charge is 0.548 e. The predicted octanol–water partition coefficient (Wildman–Crippen LogP) is -5.17. The van der Waals surface area contributed by atoms with E-state index in [1.54, 1.807) is 12.1 Å². The average Bonchev–Trinajstić information content (AvgIpc) is 3.30. The summed E-state index contributed by atoms with van der Waals surface area (Å²) in [6.07, 6.45) is 0.810. The van der Waals surface area contributed by atoms with Gasteiger partial charge in [0.2, 0.25) is 0 Å². The van der Waals surface area contributed by atoms with Crippen molar-refractivity contribution in [3.8, 4) is 0 Å².